The summed E-state index contributed by atoms with van der Waals surface area (Å²) in [5.74, 6) is -1.04. The fourth-order valence-corrected chi connectivity index (χ4v) is 2.08. The number of aliphatic carboxylic acids is 1. The van der Waals surface area contributed by atoms with E-state index in [1.807, 2.05) is 12.1 Å². The van der Waals surface area contributed by atoms with E-state index in [0.29, 0.717) is 0 Å². The lowest BCUT2D eigenvalue weighted by Crippen LogP contribution is -2.38. The number of nitrogens with one attached hydrogen (secondary N) is 1. The second kappa shape index (κ2) is 4.40. The van der Waals surface area contributed by atoms with Gasteiger partial charge in [-0.25, -0.2) is 0 Å². The maximum atomic E-state index is 11.1. The van der Waals surface area contributed by atoms with Crippen molar-refractivity contribution in [2.24, 2.45) is 5.92 Å². The number of aromatic nitrogens is 1. The molecule has 0 saturated carbocycles. The van der Waals surface area contributed by atoms with Gasteiger partial charge in [-0.2, -0.15) is 0 Å². The third-order valence-corrected chi connectivity index (χ3v) is 2.84. The van der Waals surface area contributed by atoms with Crippen LogP contribution in [0.4, 0.5) is 0 Å². The van der Waals surface area contributed by atoms with E-state index in [1.54, 1.807) is 12.4 Å². The molecule has 2 atom stereocenters. The predicted molar refractivity (Wildman–Crippen MR) is 55.3 cm³/mol. The minimum absolute atomic E-state index is 0.0701. The second-order valence-corrected chi connectivity index (χ2v) is 3.80. The van der Waals surface area contributed by atoms with Crippen LogP contribution in [-0.2, 0) is 4.79 Å². The molecule has 1 aromatic rings. The first-order valence-corrected chi connectivity index (χ1v) is 5.15. The molecule has 0 aliphatic carbocycles. The Labute approximate surface area is 88.3 Å². The van der Waals surface area contributed by atoms with Gasteiger partial charge in [-0.05, 0) is 37.1 Å². The molecular weight excluding hydrogens is 192 g/mol. The molecule has 0 amide bonds. The number of carboxylic acids is 1. The van der Waals surface area contributed by atoms with Gasteiger partial charge in [-0.3, -0.25) is 9.78 Å². The highest BCUT2D eigenvalue weighted by atomic mass is 16.4. The smallest absolute Gasteiger partial charge is 0.308 e. The summed E-state index contributed by atoms with van der Waals surface area (Å²) in [5.41, 5.74) is 1.01. The quantitative estimate of drug-likeness (QED) is 0.763. The molecule has 1 aliphatic rings. The van der Waals surface area contributed by atoms with E-state index in [9.17, 15) is 4.79 Å². The maximum absolute atomic E-state index is 11.1. The van der Waals surface area contributed by atoms with E-state index in [1.165, 1.54) is 0 Å². The van der Waals surface area contributed by atoms with Crippen molar-refractivity contribution in [2.75, 3.05) is 6.54 Å². The van der Waals surface area contributed by atoms with Crippen LogP contribution in [0.1, 0.15) is 24.4 Å². The van der Waals surface area contributed by atoms with Gasteiger partial charge in [0.15, 0.2) is 0 Å². The minimum Gasteiger partial charge on any atom is -0.481 e. The summed E-state index contributed by atoms with van der Waals surface area (Å²) >= 11 is 0. The molecule has 0 radical (unpaired) electrons. The van der Waals surface area contributed by atoms with Crippen LogP contribution in [-0.4, -0.2) is 22.6 Å². The van der Waals surface area contributed by atoms with Gasteiger partial charge in [-0.1, -0.05) is 0 Å². The zero-order chi connectivity index (χ0) is 10.7. The SMILES string of the molecule is O=C(O)[C@H]1CCCN[C@@H]1c1ccncc1. The van der Waals surface area contributed by atoms with Crippen molar-refractivity contribution < 1.29 is 9.90 Å². The number of nitrogens with zero attached hydrogens (tertiary/aromatic N) is 1. The monoisotopic (exact) mass is 206 g/mol. The number of piperidine rings is 1. The molecule has 2 rings (SSSR count). The molecule has 80 valence electrons. The van der Waals surface area contributed by atoms with Gasteiger partial charge < -0.3 is 10.4 Å². The van der Waals surface area contributed by atoms with E-state index in [0.717, 1.165) is 24.9 Å². The molecule has 0 unspecified atom stereocenters. The Hall–Kier alpha value is -1.42. The molecule has 1 aromatic heterocycles. The fraction of sp³-hybridized carbons (Fsp3) is 0.455. The van der Waals surface area contributed by atoms with Crippen LogP contribution in [0.3, 0.4) is 0 Å². The average molecular weight is 206 g/mol. The highest BCUT2D eigenvalue weighted by Gasteiger charge is 2.31. The van der Waals surface area contributed by atoms with Crippen molar-refractivity contribution in [3.8, 4) is 0 Å². The number of carboxylic acid groups (broad SMARTS) is 1. The van der Waals surface area contributed by atoms with Crippen LogP contribution < -0.4 is 5.32 Å². The highest BCUT2D eigenvalue weighted by molar-refractivity contribution is 5.71. The van der Waals surface area contributed by atoms with Gasteiger partial charge in [-0.15, -0.1) is 0 Å². The molecule has 0 aromatic carbocycles. The maximum Gasteiger partial charge on any atom is 0.308 e. The molecule has 1 fully saturated rings. The van der Waals surface area contributed by atoms with Crippen LogP contribution in [0.5, 0.6) is 0 Å². The van der Waals surface area contributed by atoms with Crippen LogP contribution in [0.15, 0.2) is 24.5 Å². The summed E-state index contributed by atoms with van der Waals surface area (Å²) in [6, 6.07) is 3.68. The average Bonchev–Trinajstić information content (AvgIpc) is 2.30. The number of carbonyl (C=O) groups is 1. The summed E-state index contributed by atoms with van der Waals surface area (Å²) in [4.78, 5) is 15.0. The third-order valence-electron chi connectivity index (χ3n) is 2.84. The highest BCUT2D eigenvalue weighted by Crippen LogP contribution is 2.28. The number of hydrogen-bond donors (Lipinski definition) is 2. The van der Waals surface area contributed by atoms with E-state index in [2.05, 4.69) is 10.3 Å². The summed E-state index contributed by atoms with van der Waals surface area (Å²) < 4.78 is 0. The van der Waals surface area contributed by atoms with Crippen molar-refractivity contribution >= 4 is 5.97 Å². The topological polar surface area (TPSA) is 62.2 Å². The Balaban J connectivity index is 2.22. The zero-order valence-corrected chi connectivity index (χ0v) is 8.39. The Morgan fingerprint density at radius 3 is 2.87 bits per heavy atom. The summed E-state index contributed by atoms with van der Waals surface area (Å²) in [5, 5.41) is 12.4. The second-order valence-electron chi connectivity index (χ2n) is 3.80. The van der Waals surface area contributed by atoms with Gasteiger partial charge in [0.1, 0.15) is 0 Å². The Bertz CT molecular complexity index is 340. The number of pyridine rings is 1. The van der Waals surface area contributed by atoms with Crippen molar-refractivity contribution in [1.29, 1.82) is 0 Å². The first-order chi connectivity index (χ1) is 7.29. The van der Waals surface area contributed by atoms with Crippen LogP contribution in [0.2, 0.25) is 0 Å². The summed E-state index contributed by atoms with van der Waals surface area (Å²) in [6.45, 7) is 0.886. The van der Waals surface area contributed by atoms with Crippen LogP contribution >= 0.6 is 0 Å². The van der Waals surface area contributed by atoms with Crippen molar-refractivity contribution in [3.05, 3.63) is 30.1 Å². The van der Waals surface area contributed by atoms with Gasteiger partial charge in [0.2, 0.25) is 0 Å². The fourth-order valence-electron chi connectivity index (χ4n) is 2.08. The lowest BCUT2D eigenvalue weighted by atomic mass is 9.87. The van der Waals surface area contributed by atoms with Gasteiger partial charge in [0.05, 0.1) is 5.92 Å². The summed E-state index contributed by atoms with van der Waals surface area (Å²) in [7, 11) is 0. The molecule has 1 aliphatic heterocycles. The van der Waals surface area contributed by atoms with Crippen LogP contribution in [0, 0.1) is 5.92 Å². The lowest BCUT2D eigenvalue weighted by molar-refractivity contribution is -0.143. The van der Waals surface area contributed by atoms with Gasteiger partial charge in [0, 0.05) is 18.4 Å². The zero-order valence-electron chi connectivity index (χ0n) is 8.39. The summed E-state index contributed by atoms with van der Waals surface area (Å²) in [6.07, 6.45) is 5.07. The van der Waals surface area contributed by atoms with E-state index >= 15 is 0 Å². The van der Waals surface area contributed by atoms with Crippen molar-refractivity contribution in [3.63, 3.8) is 0 Å². The van der Waals surface area contributed by atoms with Crippen molar-refractivity contribution in [1.82, 2.24) is 10.3 Å². The van der Waals surface area contributed by atoms with E-state index in [4.69, 9.17) is 5.11 Å². The van der Waals surface area contributed by atoms with Gasteiger partial charge >= 0.3 is 5.97 Å². The van der Waals surface area contributed by atoms with Crippen molar-refractivity contribution in [2.45, 2.75) is 18.9 Å². The molecule has 1 saturated heterocycles. The number of rotatable bonds is 2. The Morgan fingerprint density at radius 2 is 2.20 bits per heavy atom. The van der Waals surface area contributed by atoms with Crippen LogP contribution in [0.25, 0.3) is 0 Å². The molecular formula is C11H14N2O2. The first kappa shape index (κ1) is 10.1. The normalized spacial score (nSPS) is 26.1. The lowest BCUT2D eigenvalue weighted by Gasteiger charge is -2.30. The molecule has 0 bridgehead atoms. The van der Waals surface area contributed by atoms with E-state index < -0.39 is 5.97 Å². The van der Waals surface area contributed by atoms with E-state index in [-0.39, 0.29) is 12.0 Å². The molecule has 4 heteroatoms. The Kier molecular flexibility index (Phi) is 2.97. The molecule has 2 heterocycles. The largest absolute Gasteiger partial charge is 0.481 e. The third kappa shape index (κ3) is 2.15. The first-order valence-electron chi connectivity index (χ1n) is 5.15. The van der Waals surface area contributed by atoms with Gasteiger partial charge in [0.25, 0.3) is 0 Å². The Morgan fingerprint density at radius 1 is 1.47 bits per heavy atom. The predicted octanol–water partition coefficient (Wildman–Crippen LogP) is 1.21. The number of hydrogen-bond acceptors (Lipinski definition) is 3. The molecule has 4 nitrogen and oxygen atoms in total. The molecule has 2 N–H and O–H groups in total. The molecule has 15 heavy (non-hydrogen) atoms. The minimum atomic E-state index is -0.719. The standard InChI is InChI=1S/C11H14N2O2/c14-11(15)9-2-1-5-13-10(9)8-3-6-12-7-4-8/h3-4,6-7,9-10,13H,1-2,5H2,(H,14,15)/t9-,10+/m0/s1. The molecule has 0 spiro atoms.